The number of imidazole rings is 1. The predicted octanol–water partition coefficient (Wildman–Crippen LogP) is 6.64. The lowest BCUT2D eigenvalue weighted by Gasteiger charge is -2.14. The van der Waals surface area contributed by atoms with Crippen LogP contribution in [-0.2, 0) is 13.1 Å². The molecule has 3 heterocycles. The van der Waals surface area contributed by atoms with E-state index in [0.29, 0.717) is 40.9 Å². The minimum atomic E-state index is -0.629. The van der Waals surface area contributed by atoms with Gasteiger partial charge in [0.25, 0.3) is 5.91 Å². The first kappa shape index (κ1) is 27.5. The van der Waals surface area contributed by atoms with Crippen molar-refractivity contribution in [3.05, 3.63) is 126 Å². The average molecular weight is 573 g/mol. The number of carbonyl (C=O) groups is 1. The van der Waals surface area contributed by atoms with Gasteiger partial charge in [-0.15, -0.1) is 0 Å². The Balaban J connectivity index is 1.27. The SMILES string of the molecule is Cc1ccc(NC(=O)c2cccc(CF)c2)cc1Nc1nc2ccccc2n1-c1cc(NCCc2ccccn2)ncn1. The molecule has 0 bridgehead atoms. The van der Waals surface area contributed by atoms with Crippen molar-refractivity contribution in [2.45, 2.75) is 20.0 Å². The summed E-state index contributed by atoms with van der Waals surface area (Å²) in [5.74, 6) is 1.56. The Bertz CT molecular complexity index is 1890. The molecule has 43 heavy (non-hydrogen) atoms. The highest BCUT2D eigenvalue weighted by Crippen LogP contribution is 2.29. The van der Waals surface area contributed by atoms with Crippen LogP contribution in [0.2, 0.25) is 0 Å². The zero-order valence-electron chi connectivity index (χ0n) is 23.5. The number of fused-ring (bicyclic) bond motifs is 1. The van der Waals surface area contributed by atoms with Crippen LogP contribution < -0.4 is 16.0 Å². The normalized spacial score (nSPS) is 10.9. The number of alkyl halides is 1. The molecule has 0 aliphatic carbocycles. The maximum atomic E-state index is 13.1. The summed E-state index contributed by atoms with van der Waals surface area (Å²) in [5.41, 5.74) is 5.81. The van der Waals surface area contributed by atoms with Crippen LogP contribution in [-0.4, -0.2) is 37.0 Å². The third-order valence-corrected chi connectivity index (χ3v) is 6.94. The topological polar surface area (TPSA) is 110 Å². The van der Waals surface area contributed by atoms with Crippen molar-refractivity contribution < 1.29 is 9.18 Å². The van der Waals surface area contributed by atoms with E-state index in [-0.39, 0.29) is 5.91 Å². The van der Waals surface area contributed by atoms with Crippen molar-refractivity contribution in [3.63, 3.8) is 0 Å². The van der Waals surface area contributed by atoms with Gasteiger partial charge in [-0.1, -0.05) is 36.4 Å². The van der Waals surface area contributed by atoms with Crippen molar-refractivity contribution >= 4 is 40.1 Å². The molecule has 6 rings (SSSR count). The van der Waals surface area contributed by atoms with E-state index in [0.717, 1.165) is 34.4 Å². The maximum Gasteiger partial charge on any atom is 0.255 e. The Kier molecular flexibility index (Phi) is 7.99. The van der Waals surface area contributed by atoms with Gasteiger partial charge in [0.15, 0.2) is 0 Å². The van der Waals surface area contributed by atoms with Gasteiger partial charge in [-0.05, 0) is 66.6 Å². The highest BCUT2D eigenvalue weighted by atomic mass is 19.1. The van der Waals surface area contributed by atoms with E-state index < -0.39 is 6.67 Å². The number of pyridine rings is 1. The summed E-state index contributed by atoms with van der Waals surface area (Å²) in [4.78, 5) is 31.1. The molecule has 3 aromatic heterocycles. The maximum absolute atomic E-state index is 13.1. The number of para-hydroxylation sites is 2. The lowest BCUT2D eigenvalue weighted by Crippen LogP contribution is -2.12. The third-order valence-electron chi connectivity index (χ3n) is 6.94. The van der Waals surface area contributed by atoms with Gasteiger partial charge in [0.1, 0.15) is 24.6 Å². The number of benzene rings is 3. The first-order chi connectivity index (χ1) is 21.1. The van der Waals surface area contributed by atoms with E-state index in [1.165, 1.54) is 6.33 Å². The monoisotopic (exact) mass is 572 g/mol. The van der Waals surface area contributed by atoms with Gasteiger partial charge in [-0.3, -0.25) is 14.3 Å². The lowest BCUT2D eigenvalue weighted by atomic mass is 10.1. The molecule has 0 fully saturated rings. The molecule has 1 amide bonds. The van der Waals surface area contributed by atoms with Gasteiger partial charge in [0, 0.05) is 47.9 Å². The molecular weight excluding hydrogens is 543 g/mol. The molecule has 3 N–H and O–H groups in total. The molecule has 0 aliphatic heterocycles. The molecule has 0 aliphatic rings. The van der Waals surface area contributed by atoms with Crippen LogP contribution in [0.25, 0.3) is 16.9 Å². The van der Waals surface area contributed by atoms with Crippen molar-refractivity contribution in [1.29, 1.82) is 0 Å². The van der Waals surface area contributed by atoms with Crippen molar-refractivity contribution in [2.75, 3.05) is 22.5 Å². The third kappa shape index (κ3) is 6.33. The average Bonchev–Trinajstić information content (AvgIpc) is 3.41. The highest BCUT2D eigenvalue weighted by Gasteiger charge is 2.16. The van der Waals surface area contributed by atoms with Crippen LogP contribution in [0, 0.1) is 6.92 Å². The molecule has 0 saturated heterocycles. The first-order valence-electron chi connectivity index (χ1n) is 13.8. The Morgan fingerprint density at radius 3 is 2.65 bits per heavy atom. The van der Waals surface area contributed by atoms with Gasteiger partial charge in [-0.2, -0.15) is 0 Å². The number of anilines is 4. The smallest absolute Gasteiger partial charge is 0.255 e. The van der Waals surface area contributed by atoms with E-state index in [1.54, 1.807) is 30.5 Å². The highest BCUT2D eigenvalue weighted by molar-refractivity contribution is 6.04. The van der Waals surface area contributed by atoms with Gasteiger partial charge in [-0.25, -0.2) is 19.3 Å². The summed E-state index contributed by atoms with van der Waals surface area (Å²) < 4.78 is 15.1. The van der Waals surface area contributed by atoms with Crippen LogP contribution in [0.5, 0.6) is 0 Å². The lowest BCUT2D eigenvalue weighted by molar-refractivity contribution is 0.102. The molecule has 0 unspecified atom stereocenters. The molecule has 10 heteroatoms. The number of halogens is 1. The number of nitrogens with zero attached hydrogens (tertiary/aromatic N) is 5. The first-order valence-corrected chi connectivity index (χ1v) is 13.8. The molecule has 3 aromatic carbocycles. The summed E-state index contributed by atoms with van der Waals surface area (Å²) in [6, 6.07) is 27.7. The van der Waals surface area contributed by atoms with Crippen molar-refractivity contribution in [1.82, 2.24) is 24.5 Å². The minimum Gasteiger partial charge on any atom is -0.370 e. The van der Waals surface area contributed by atoms with Crippen molar-refractivity contribution in [2.24, 2.45) is 0 Å². The fourth-order valence-electron chi connectivity index (χ4n) is 4.73. The summed E-state index contributed by atoms with van der Waals surface area (Å²) >= 11 is 0. The molecule has 0 spiro atoms. The molecular formula is C33H29FN8O. The zero-order valence-corrected chi connectivity index (χ0v) is 23.5. The number of rotatable bonds is 10. The van der Waals surface area contributed by atoms with Gasteiger partial charge in [0.05, 0.1) is 11.0 Å². The Morgan fingerprint density at radius 2 is 1.79 bits per heavy atom. The van der Waals surface area contributed by atoms with Crippen LogP contribution in [0.15, 0.2) is 104 Å². The molecule has 0 saturated carbocycles. The van der Waals surface area contributed by atoms with E-state index in [1.807, 2.05) is 78.2 Å². The molecule has 0 radical (unpaired) electrons. The summed E-state index contributed by atoms with van der Waals surface area (Å²) in [7, 11) is 0. The van der Waals surface area contributed by atoms with E-state index in [4.69, 9.17) is 4.98 Å². The number of hydrogen-bond donors (Lipinski definition) is 3. The number of amides is 1. The van der Waals surface area contributed by atoms with Gasteiger partial charge < -0.3 is 16.0 Å². The number of aromatic nitrogens is 5. The van der Waals surface area contributed by atoms with Crippen LogP contribution in [0.3, 0.4) is 0 Å². The largest absolute Gasteiger partial charge is 0.370 e. The second kappa shape index (κ2) is 12.5. The van der Waals surface area contributed by atoms with E-state index in [2.05, 4.69) is 30.9 Å². The molecule has 214 valence electrons. The van der Waals surface area contributed by atoms with E-state index in [9.17, 15) is 9.18 Å². The fourth-order valence-corrected chi connectivity index (χ4v) is 4.73. The second-order valence-corrected chi connectivity index (χ2v) is 9.96. The van der Waals surface area contributed by atoms with Gasteiger partial charge in [0.2, 0.25) is 5.95 Å². The summed E-state index contributed by atoms with van der Waals surface area (Å²) in [6.45, 7) is 2.01. The minimum absolute atomic E-state index is 0.318. The Morgan fingerprint density at radius 1 is 0.907 bits per heavy atom. The fraction of sp³-hybridized carbons (Fsp3) is 0.121. The van der Waals surface area contributed by atoms with Crippen LogP contribution >= 0.6 is 0 Å². The number of hydrogen-bond acceptors (Lipinski definition) is 7. The summed E-state index contributed by atoms with van der Waals surface area (Å²) in [6.07, 6.45) is 4.07. The number of carbonyl (C=O) groups excluding carboxylic acids is 1. The van der Waals surface area contributed by atoms with E-state index >= 15 is 0 Å². The number of nitrogens with one attached hydrogen (secondary N) is 3. The quantitative estimate of drug-likeness (QED) is 0.169. The standard InChI is InChI=1S/C33H29FN8O/c1-22-12-13-26(39-32(43)24-8-6-7-23(17-24)20-34)18-28(22)41-33-40-27-10-2-3-11-29(27)42(33)31-19-30(37-21-38-31)36-16-14-25-9-4-5-15-35-25/h2-13,15,17-19,21H,14,16,20H2,1H3,(H,39,43)(H,40,41)(H,36,37,38). The number of aryl methyl sites for hydroxylation is 1. The molecule has 0 atom stereocenters. The molecule has 6 aromatic rings. The van der Waals surface area contributed by atoms with Crippen molar-refractivity contribution in [3.8, 4) is 5.82 Å². The van der Waals surface area contributed by atoms with Gasteiger partial charge >= 0.3 is 0 Å². The predicted molar refractivity (Wildman–Crippen MR) is 167 cm³/mol. The Labute approximate surface area is 247 Å². The van der Waals surface area contributed by atoms with Crippen LogP contribution in [0.1, 0.15) is 27.2 Å². The van der Waals surface area contributed by atoms with Crippen LogP contribution in [0.4, 0.5) is 27.5 Å². The zero-order chi connectivity index (χ0) is 29.6. The Hall–Kier alpha value is -5.64. The second-order valence-electron chi connectivity index (χ2n) is 9.96. The molecule has 9 nitrogen and oxygen atoms in total. The summed E-state index contributed by atoms with van der Waals surface area (Å²) in [5, 5.41) is 9.72.